The summed E-state index contributed by atoms with van der Waals surface area (Å²) in [6, 6.07) is 26.3. The highest BCUT2D eigenvalue weighted by Crippen LogP contribution is 2.43. The molecule has 3 aromatic heterocycles. The quantitative estimate of drug-likeness (QED) is 0.135. The lowest BCUT2D eigenvalue weighted by molar-refractivity contribution is 0.0330. The number of morpholine rings is 1. The minimum Gasteiger partial charge on any atom is -0.495 e. The Labute approximate surface area is 294 Å². The summed E-state index contributed by atoms with van der Waals surface area (Å²) in [6.45, 7) is 6.46. The van der Waals surface area contributed by atoms with E-state index in [9.17, 15) is 0 Å². The average molecular weight is 691 g/mol. The summed E-state index contributed by atoms with van der Waals surface area (Å²) in [5.74, 6) is 3.66. The van der Waals surface area contributed by atoms with Gasteiger partial charge in [0, 0.05) is 28.9 Å². The van der Waals surface area contributed by atoms with Crippen molar-refractivity contribution >= 4 is 33.3 Å². The highest BCUT2D eigenvalue weighted by molar-refractivity contribution is 7.99. The summed E-state index contributed by atoms with van der Waals surface area (Å²) in [5, 5.41) is 12.3. The van der Waals surface area contributed by atoms with Gasteiger partial charge in [-0.05, 0) is 66.3 Å². The fourth-order valence-electron chi connectivity index (χ4n) is 6.65. The van der Waals surface area contributed by atoms with Crippen LogP contribution in [0.2, 0.25) is 0 Å². The third kappa shape index (κ3) is 6.68. The zero-order chi connectivity index (χ0) is 33.2. The minimum atomic E-state index is 0.211. The van der Waals surface area contributed by atoms with Crippen molar-refractivity contribution in [3.63, 3.8) is 0 Å². The zero-order valence-corrected chi connectivity index (χ0v) is 29.3. The summed E-state index contributed by atoms with van der Waals surface area (Å²) in [5.41, 5.74) is 4.35. The maximum Gasteiger partial charge on any atom is 0.202 e. The molecule has 0 N–H and O–H groups in total. The number of thiophene rings is 1. The van der Waals surface area contributed by atoms with E-state index in [1.807, 2.05) is 76.6 Å². The summed E-state index contributed by atoms with van der Waals surface area (Å²) in [6.07, 6.45) is 3.29. The van der Waals surface area contributed by atoms with Gasteiger partial charge in [0.2, 0.25) is 5.16 Å². The molecule has 1 saturated heterocycles. The number of hydrogen-bond donors (Lipinski definition) is 0. The Kier molecular flexibility index (Phi) is 9.31. The molecule has 1 fully saturated rings. The molecule has 3 aromatic carbocycles. The summed E-state index contributed by atoms with van der Waals surface area (Å²) in [4.78, 5) is 15.3. The second kappa shape index (κ2) is 14.3. The molecule has 1 atom stereocenters. The molecule has 6 aromatic rings. The first-order valence-corrected chi connectivity index (χ1v) is 18.4. The third-order valence-electron chi connectivity index (χ3n) is 9.18. The number of fused-ring (bicyclic) bond motifs is 3. The second-order valence-corrected chi connectivity index (χ2v) is 14.6. The molecule has 9 nitrogen and oxygen atoms in total. The fourth-order valence-corrected chi connectivity index (χ4v) is 9.14. The van der Waals surface area contributed by atoms with Crippen LogP contribution in [0, 0.1) is 5.92 Å². The number of ether oxygens (including phenoxy) is 3. The molecular weight excluding hydrogens is 653 g/mol. The number of rotatable bonds is 10. The SMILES string of the molecule is COc1ccccc1-n1c(COc2ccccc2-c2ccccc2)nnc1Sc1nc(CN2CCOCC2)nc2sc3c(c12)CCC(C)C3. The molecule has 11 heteroatoms. The van der Waals surface area contributed by atoms with Crippen LogP contribution in [0.4, 0.5) is 0 Å². The molecular formula is C38H38N6O3S2. The summed E-state index contributed by atoms with van der Waals surface area (Å²) < 4.78 is 20.0. The van der Waals surface area contributed by atoms with Gasteiger partial charge < -0.3 is 14.2 Å². The Balaban J connectivity index is 1.19. The zero-order valence-electron chi connectivity index (χ0n) is 27.7. The van der Waals surface area contributed by atoms with Crippen molar-refractivity contribution in [1.29, 1.82) is 0 Å². The predicted molar refractivity (Wildman–Crippen MR) is 193 cm³/mol. The molecule has 1 unspecified atom stereocenters. The van der Waals surface area contributed by atoms with Crippen LogP contribution in [0.1, 0.15) is 35.4 Å². The number of benzene rings is 3. The highest BCUT2D eigenvalue weighted by atomic mass is 32.2. The van der Waals surface area contributed by atoms with Crippen molar-refractivity contribution in [3.05, 3.63) is 101 Å². The highest BCUT2D eigenvalue weighted by Gasteiger charge is 2.27. The number of aryl methyl sites for hydroxylation is 1. The average Bonchev–Trinajstić information content (AvgIpc) is 3.71. The smallest absolute Gasteiger partial charge is 0.202 e. The molecule has 2 aliphatic rings. The van der Waals surface area contributed by atoms with Gasteiger partial charge in [-0.1, -0.05) is 67.6 Å². The maximum absolute atomic E-state index is 6.51. The van der Waals surface area contributed by atoms with E-state index in [4.69, 9.17) is 34.4 Å². The number of para-hydroxylation sites is 3. The molecule has 8 rings (SSSR count). The van der Waals surface area contributed by atoms with Crippen LogP contribution in [-0.2, 0) is 30.7 Å². The molecule has 0 bridgehead atoms. The van der Waals surface area contributed by atoms with Gasteiger partial charge in [-0.25, -0.2) is 9.97 Å². The van der Waals surface area contributed by atoms with Gasteiger partial charge in [-0.2, -0.15) is 0 Å². The normalized spacial score (nSPS) is 16.5. The van der Waals surface area contributed by atoms with Crippen LogP contribution >= 0.6 is 23.1 Å². The molecule has 250 valence electrons. The van der Waals surface area contributed by atoms with E-state index in [-0.39, 0.29) is 6.61 Å². The third-order valence-corrected chi connectivity index (χ3v) is 11.3. The predicted octanol–water partition coefficient (Wildman–Crippen LogP) is 7.63. The van der Waals surface area contributed by atoms with Crippen LogP contribution in [0.15, 0.2) is 89.0 Å². The largest absolute Gasteiger partial charge is 0.495 e. The fraction of sp³-hybridized carbons (Fsp3) is 0.316. The lowest BCUT2D eigenvalue weighted by atomic mass is 9.89. The first kappa shape index (κ1) is 31.9. The van der Waals surface area contributed by atoms with Crippen molar-refractivity contribution in [2.24, 2.45) is 5.92 Å². The molecule has 1 aliphatic heterocycles. The molecule has 0 saturated carbocycles. The molecule has 1 aliphatic carbocycles. The monoisotopic (exact) mass is 690 g/mol. The summed E-state index contributed by atoms with van der Waals surface area (Å²) >= 11 is 3.38. The van der Waals surface area contributed by atoms with Crippen LogP contribution in [-0.4, -0.2) is 63.0 Å². The van der Waals surface area contributed by atoms with Crippen LogP contribution in [0.5, 0.6) is 11.5 Å². The number of aromatic nitrogens is 5. The van der Waals surface area contributed by atoms with E-state index in [2.05, 4.69) is 30.0 Å². The Morgan fingerprint density at radius 1 is 0.918 bits per heavy atom. The van der Waals surface area contributed by atoms with Crippen molar-refractivity contribution in [3.8, 4) is 28.3 Å². The Hall–Kier alpha value is -4.29. The maximum atomic E-state index is 6.51. The summed E-state index contributed by atoms with van der Waals surface area (Å²) in [7, 11) is 1.69. The first-order chi connectivity index (χ1) is 24.1. The van der Waals surface area contributed by atoms with Crippen LogP contribution in [0.25, 0.3) is 27.0 Å². The van der Waals surface area contributed by atoms with E-state index < -0.39 is 0 Å². The molecule has 49 heavy (non-hydrogen) atoms. The van der Waals surface area contributed by atoms with Crippen LogP contribution < -0.4 is 9.47 Å². The van der Waals surface area contributed by atoms with E-state index in [1.165, 1.54) is 16.9 Å². The minimum absolute atomic E-state index is 0.211. The van der Waals surface area contributed by atoms with Gasteiger partial charge >= 0.3 is 0 Å². The van der Waals surface area contributed by atoms with Gasteiger partial charge in [-0.15, -0.1) is 21.5 Å². The van der Waals surface area contributed by atoms with Crippen molar-refractivity contribution in [1.82, 2.24) is 29.6 Å². The second-order valence-electron chi connectivity index (χ2n) is 12.5. The van der Waals surface area contributed by atoms with Gasteiger partial charge in [0.15, 0.2) is 5.82 Å². The lowest BCUT2D eigenvalue weighted by Gasteiger charge is -2.25. The van der Waals surface area contributed by atoms with Gasteiger partial charge in [0.25, 0.3) is 0 Å². The van der Waals surface area contributed by atoms with Crippen molar-refractivity contribution in [2.75, 3.05) is 33.4 Å². The topological polar surface area (TPSA) is 87.4 Å². The molecule has 0 spiro atoms. The number of nitrogens with zero attached hydrogens (tertiary/aromatic N) is 6. The Morgan fingerprint density at radius 2 is 1.69 bits per heavy atom. The van der Waals surface area contributed by atoms with Gasteiger partial charge in [-0.3, -0.25) is 9.47 Å². The van der Waals surface area contributed by atoms with E-state index >= 15 is 0 Å². The number of methoxy groups -OCH3 is 1. The lowest BCUT2D eigenvalue weighted by Crippen LogP contribution is -2.36. The van der Waals surface area contributed by atoms with Gasteiger partial charge in [0.05, 0.1) is 32.6 Å². The molecule has 0 radical (unpaired) electrons. The van der Waals surface area contributed by atoms with E-state index in [1.54, 1.807) is 18.9 Å². The van der Waals surface area contributed by atoms with Crippen molar-refractivity contribution in [2.45, 2.75) is 49.5 Å². The van der Waals surface area contributed by atoms with Gasteiger partial charge in [0.1, 0.15) is 33.8 Å². The van der Waals surface area contributed by atoms with Crippen molar-refractivity contribution < 1.29 is 14.2 Å². The Morgan fingerprint density at radius 3 is 2.53 bits per heavy atom. The van der Waals surface area contributed by atoms with E-state index in [0.717, 1.165) is 88.5 Å². The molecule has 4 heterocycles. The standard InChI is InChI=1S/C38H38N6O3S2/c1-25-16-17-28-32(22-25)48-36-35(28)37(40-33(39-36)23-43-18-20-46-21-19-43)49-38-42-41-34(44(38)29-13-7-9-15-31(29)45-2)24-47-30-14-8-6-12-27(30)26-10-4-3-5-11-26/h3-15,25H,16-24H2,1-2H3. The number of hydrogen-bond acceptors (Lipinski definition) is 10. The van der Waals surface area contributed by atoms with E-state index in [0.29, 0.717) is 23.4 Å². The molecule has 0 amide bonds. The first-order valence-electron chi connectivity index (χ1n) is 16.8. The van der Waals surface area contributed by atoms with Crippen LogP contribution in [0.3, 0.4) is 0 Å². The Bertz CT molecular complexity index is 2080.